The quantitative estimate of drug-likeness (QED) is 0.534. The van der Waals surface area contributed by atoms with Crippen LogP contribution >= 0.6 is 34.7 Å². The number of aromatic nitrogens is 5. The third-order valence-corrected chi connectivity index (χ3v) is 4.15. The summed E-state index contributed by atoms with van der Waals surface area (Å²) in [5.41, 5.74) is 0. The predicted octanol–water partition coefficient (Wildman–Crippen LogP) is 2.62. The molecule has 0 aromatic carbocycles. The summed E-state index contributed by atoms with van der Waals surface area (Å²) in [7, 11) is 1.84. The first-order valence-corrected chi connectivity index (χ1v) is 6.74. The summed E-state index contributed by atoms with van der Waals surface area (Å²) < 4.78 is 1.69. The number of hydrogen-bond acceptors (Lipinski definition) is 6. The van der Waals surface area contributed by atoms with E-state index in [0.29, 0.717) is 0 Å². The van der Waals surface area contributed by atoms with E-state index in [4.69, 9.17) is 11.6 Å². The van der Waals surface area contributed by atoms with Crippen molar-refractivity contribution in [1.82, 2.24) is 24.7 Å². The van der Waals surface area contributed by atoms with Crippen LogP contribution in [-0.2, 0) is 7.05 Å². The maximum atomic E-state index is 5.89. The van der Waals surface area contributed by atoms with Gasteiger partial charge in [0.15, 0.2) is 5.16 Å². The van der Waals surface area contributed by atoms with Crippen LogP contribution in [0.4, 0.5) is 0 Å². The molecule has 0 saturated heterocycles. The molecule has 0 atom stereocenters. The van der Waals surface area contributed by atoms with Crippen molar-refractivity contribution < 1.29 is 0 Å². The SMILES string of the molecule is Cn1ncnc1Sc1nc(Cl)nc2sccc12. The number of halogens is 1. The van der Waals surface area contributed by atoms with Gasteiger partial charge in [0.05, 0.1) is 0 Å². The molecule has 0 unspecified atom stereocenters. The standard InChI is InChI=1S/C9H6ClN5S2/c1-15-9(11-4-12-15)17-7-5-2-3-16-6(5)13-8(10)14-7/h2-4H,1H3. The molecule has 3 rings (SSSR count). The summed E-state index contributed by atoms with van der Waals surface area (Å²) in [6.45, 7) is 0. The Labute approximate surface area is 110 Å². The molecule has 0 fully saturated rings. The van der Waals surface area contributed by atoms with Crippen LogP contribution in [0.3, 0.4) is 0 Å². The van der Waals surface area contributed by atoms with E-state index in [-0.39, 0.29) is 5.28 Å². The average molecular weight is 284 g/mol. The van der Waals surface area contributed by atoms with Crippen molar-refractivity contribution in [1.29, 1.82) is 0 Å². The maximum Gasteiger partial charge on any atom is 0.224 e. The first-order chi connectivity index (χ1) is 8.24. The normalized spacial score (nSPS) is 11.2. The zero-order valence-electron chi connectivity index (χ0n) is 8.66. The van der Waals surface area contributed by atoms with Gasteiger partial charge in [-0.25, -0.2) is 19.6 Å². The smallest absolute Gasteiger partial charge is 0.224 e. The number of thiophene rings is 1. The van der Waals surface area contributed by atoms with Gasteiger partial charge < -0.3 is 0 Å². The van der Waals surface area contributed by atoms with E-state index in [1.165, 1.54) is 18.1 Å². The van der Waals surface area contributed by atoms with Gasteiger partial charge in [0.2, 0.25) is 5.28 Å². The first kappa shape index (κ1) is 10.9. The molecule has 0 aliphatic carbocycles. The average Bonchev–Trinajstić information content (AvgIpc) is 2.88. The fraction of sp³-hybridized carbons (Fsp3) is 0.111. The van der Waals surface area contributed by atoms with E-state index < -0.39 is 0 Å². The van der Waals surface area contributed by atoms with Crippen LogP contribution in [0.15, 0.2) is 28.0 Å². The zero-order valence-corrected chi connectivity index (χ0v) is 11.1. The fourth-order valence-electron chi connectivity index (χ4n) is 1.35. The highest BCUT2D eigenvalue weighted by molar-refractivity contribution is 7.99. The summed E-state index contributed by atoms with van der Waals surface area (Å²) in [5.74, 6) is 0. The lowest BCUT2D eigenvalue weighted by Crippen LogP contribution is -1.94. The predicted molar refractivity (Wildman–Crippen MR) is 67.6 cm³/mol. The molecule has 0 aliphatic rings. The van der Waals surface area contributed by atoms with Crippen molar-refractivity contribution in [3.8, 4) is 0 Å². The molecule has 5 nitrogen and oxygen atoms in total. The second-order valence-electron chi connectivity index (χ2n) is 3.21. The van der Waals surface area contributed by atoms with E-state index in [2.05, 4.69) is 20.1 Å². The van der Waals surface area contributed by atoms with E-state index in [1.807, 2.05) is 18.5 Å². The van der Waals surface area contributed by atoms with Gasteiger partial charge in [0.1, 0.15) is 16.2 Å². The molecular formula is C9H6ClN5S2. The van der Waals surface area contributed by atoms with Crippen LogP contribution in [0, 0.1) is 0 Å². The fourth-order valence-corrected chi connectivity index (χ4v) is 3.30. The van der Waals surface area contributed by atoms with Crippen molar-refractivity contribution in [2.75, 3.05) is 0 Å². The minimum atomic E-state index is 0.254. The van der Waals surface area contributed by atoms with Gasteiger partial charge in [0, 0.05) is 12.4 Å². The third-order valence-electron chi connectivity index (χ3n) is 2.12. The van der Waals surface area contributed by atoms with E-state index in [9.17, 15) is 0 Å². The summed E-state index contributed by atoms with van der Waals surface area (Å²) in [4.78, 5) is 13.4. The van der Waals surface area contributed by atoms with Crippen LogP contribution in [0.1, 0.15) is 0 Å². The molecular weight excluding hydrogens is 278 g/mol. The lowest BCUT2D eigenvalue weighted by atomic mass is 10.4. The van der Waals surface area contributed by atoms with E-state index in [1.54, 1.807) is 16.0 Å². The van der Waals surface area contributed by atoms with Crippen molar-refractivity contribution in [3.05, 3.63) is 23.1 Å². The molecule has 8 heteroatoms. The molecule has 0 saturated carbocycles. The van der Waals surface area contributed by atoms with Crippen LogP contribution in [0.2, 0.25) is 5.28 Å². The van der Waals surface area contributed by atoms with E-state index in [0.717, 1.165) is 20.4 Å². The minimum absolute atomic E-state index is 0.254. The highest BCUT2D eigenvalue weighted by Gasteiger charge is 2.11. The Morgan fingerprint density at radius 2 is 2.29 bits per heavy atom. The number of rotatable bonds is 2. The summed E-state index contributed by atoms with van der Waals surface area (Å²) in [5, 5.41) is 8.80. The molecule has 17 heavy (non-hydrogen) atoms. The Hall–Kier alpha value is -1.18. The molecule has 3 aromatic heterocycles. The highest BCUT2D eigenvalue weighted by atomic mass is 35.5. The van der Waals surface area contributed by atoms with Gasteiger partial charge in [-0.3, -0.25) is 0 Å². The largest absolute Gasteiger partial charge is 0.244 e. The maximum absolute atomic E-state index is 5.89. The van der Waals surface area contributed by atoms with Crippen molar-refractivity contribution >= 4 is 44.9 Å². The van der Waals surface area contributed by atoms with Crippen LogP contribution in [0.5, 0.6) is 0 Å². The Morgan fingerprint density at radius 3 is 3.06 bits per heavy atom. The molecule has 86 valence electrons. The Balaban J connectivity index is 2.11. The number of hydrogen-bond donors (Lipinski definition) is 0. The summed E-state index contributed by atoms with van der Waals surface area (Å²) in [6.07, 6.45) is 1.51. The number of fused-ring (bicyclic) bond motifs is 1. The van der Waals surface area contributed by atoms with Crippen molar-refractivity contribution in [2.24, 2.45) is 7.05 Å². The first-order valence-electron chi connectivity index (χ1n) is 4.66. The summed E-state index contributed by atoms with van der Waals surface area (Å²) in [6, 6.07) is 1.98. The minimum Gasteiger partial charge on any atom is -0.244 e. The van der Waals surface area contributed by atoms with Gasteiger partial charge in [-0.15, -0.1) is 11.3 Å². The molecule has 0 bridgehead atoms. The van der Waals surface area contributed by atoms with Gasteiger partial charge in [-0.2, -0.15) is 5.10 Å². The van der Waals surface area contributed by atoms with Crippen molar-refractivity contribution in [3.63, 3.8) is 0 Å². The highest BCUT2D eigenvalue weighted by Crippen LogP contribution is 2.32. The van der Waals surface area contributed by atoms with Crippen LogP contribution in [-0.4, -0.2) is 24.7 Å². The molecule has 0 radical (unpaired) electrons. The van der Waals surface area contributed by atoms with E-state index >= 15 is 0 Å². The Morgan fingerprint density at radius 1 is 1.41 bits per heavy atom. The molecule has 3 aromatic rings. The summed E-state index contributed by atoms with van der Waals surface area (Å²) >= 11 is 8.86. The Kier molecular flexibility index (Phi) is 2.73. The second-order valence-corrected chi connectivity index (χ2v) is 5.39. The monoisotopic (exact) mass is 283 g/mol. The van der Waals surface area contributed by atoms with Gasteiger partial charge >= 0.3 is 0 Å². The van der Waals surface area contributed by atoms with Gasteiger partial charge in [0.25, 0.3) is 0 Å². The topological polar surface area (TPSA) is 56.5 Å². The molecule has 0 spiro atoms. The molecule has 0 N–H and O–H groups in total. The second kappa shape index (κ2) is 4.25. The Bertz CT molecular complexity index is 677. The van der Waals surface area contributed by atoms with Crippen molar-refractivity contribution in [2.45, 2.75) is 10.2 Å². The zero-order chi connectivity index (χ0) is 11.8. The lowest BCUT2D eigenvalue weighted by Gasteiger charge is -2.01. The van der Waals surface area contributed by atoms with Gasteiger partial charge in [-0.05, 0) is 34.8 Å². The number of aryl methyl sites for hydroxylation is 1. The number of nitrogens with zero attached hydrogens (tertiary/aromatic N) is 5. The molecule has 3 heterocycles. The van der Waals surface area contributed by atoms with Gasteiger partial charge in [-0.1, -0.05) is 0 Å². The van der Waals surface area contributed by atoms with Crippen LogP contribution in [0.25, 0.3) is 10.2 Å². The lowest BCUT2D eigenvalue weighted by molar-refractivity contribution is 0.685. The molecule has 0 amide bonds. The van der Waals surface area contributed by atoms with Crippen LogP contribution < -0.4 is 0 Å². The molecule has 0 aliphatic heterocycles. The third kappa shape index (κ3) is 2.01.